The van der Waals surface area contributed by atoms with E-state index in [2.05, 4.69) is 5.43 Å². The maximum absolute atomic E-state index is 13.0. The number of nitrogens with zero attached hydrogens (tertiary/aromatic N) is 2. The Balaban J connectivity index is 1.91. The van der Waals surface area contributed by atoms with Crippen LogP contribution in [0, 0.1) is 0 Å². The van der Waals surface area contributed by atoms with Gasteiger partial charge in [0.05, 0.1) is 21.6 Å². The van der Waals surface area contributed by atoms with E-state index in [1.165, 1.54) is 6.92 Å². The first kappa shape index (κ1) is 26.1. The van der Waals surface area contributed by atoms with Crippen molar-refractivity contribution < 1.29 is 19.1 Å². The monoisotopic (exact) mass is 525 g/mol. The summed E-state index contributed by atoms with van der Waals surface area (Å²) in [5.41, 5.74) is 2.89. The van der Waals surface area contributed by atoms with Crippen molar-refractivity contribution in [2.24, 2.45) is 0 Å². The summed E-state index contributed by atoms with van der Waals surface area (Å²) in [6, 6.07) is 10.0. The van der Waals surface area contributed by atoms with E-state index < -0.39 is 28.8 Å². The average Bonchev–Trinajstić information content (AvgIpc) is 2.92. The van der Waals surface area contributed by atoms with Gasteiger partial charge >= 0.3 is 6.03 Å². The van der Waals surface area contributed by atoms with Gasteiger partial charge in [-0.1, -0.05) is 49.2 Å². The zero-order valence-electron chi connectivity index (χ0n) is 19.5. The Hall–Kier alpha value is -2.48. The maximum atomic E-state index is 13.0. The van der Waals surface area contributed by atoms with Gasteiger partial charge in [0.15, 0.2) is 5.75 Å². The van der Waals surface area contributed by atoms with Crippen LogP contribution in [-0.2, 0) is 15.0 Å². The van der Waals surface area contributed by atoms with Crippen molar-refractivity contribution in [3.63, 3.8) is 0 Å². The Labute approximate surface area is 213 Å². The number of urea groups is 1. The molecule has 0 aliphatic carbocycles. The fourth-order valence-electron chi connectivity index (χ4n) is 3.76. The minimum absolute atomic E-state index is 0.287. The van der Waals surface area contributed by atoms with Crippen LogP contribution in [0.5, 0.6) is 5.75 Å². The van der Waals surface area contributed by atoms with Gasteiger partial charge in [-0.25, -0.2) is 14.7 Å². The standard InChI is InChI=1S/C24H26Cl3N3O4/c1-14(31)28-30-22(33)29(21(32)24(30,4)5)17-8-6-15(7-9-17)23(2,3)16-12-18(26)20(19(27)13-16)34-11-10-25/h6-9,12-13H,10-11H2,1-5H3,(H,28,31). The molecule has 0 atom stereocenters. The molecule has 10 heteroatoms. The summed E-state index contributed by atoms with van der Waals surface area (Å²) < 4.78 is 5.54. The summed E-state index contributed by atoms with van der Waals surface area (Å²) in [5, 5.41) is 1.81. The molecule has 4 amide bonds. The zero-order valence-corrected chi connectivity index (χ0v) is 21.8. The number of benzene rings is 2. The van der Waals surface area contributed by atoms with Crippen molar-refractivity contribution in [2.75, 3.05) is 17.4 Å². The Morgan fingerprint density at radius 3 is 2.12 bits per heavy atom. The van der Waals surface area contributed by atoms with E-state index in [0.717, 1.165) is 21.0 Å². The third-order valence-corrected chi connectivity index (χ3v) is 6.54. The van der Waals surface area contributed by atoms with Gasteiger partial charge in [-0.15, -0.1) is 11.6 Å². The lowest BCUT2D eigenvalue weighted by Gasteiger charge is -2.28. The fourth-order valence-corrected chi connectivity index (χ4v) is 4.43. The van der Waals surface area contributed by atoms with Crippen molar-refractivity contribution in [1.82, 2.24) is 10.4 Å². The lowest BCUT2D eigenvalue weighted by Crippen LogP contribution is -2.53. The number of alkyl halides is 1. The quantitative estimate of drug-likeness (QED) is 0.380. The van der Waals surface area contributed by atoms with E-state index in [1.54, 1.807) is 38.1 Å². The Morgan fingerprint density at radius 2 is 1.62 bits per heavy atom. The molecule has 1 saturated heterocycles. The van der Waals surface area contributed by atoms with Gasteiger partial charge < -0.3 is 4.74 Å². The van der Waals surface area contributed by atoms with Crippen molar-refractivity contribution >= 4 is 58.3 Å². The summed E-state index contributed by atoms with van der Waals surface area (Å²) in [6.45, 7) is 8.75. The highest BCUT2D eigenvalue weighted by atomic mass is 35.5. The zero-order chi connectivity index (χ0) is 25.4. The van der Waals surface area contributed by atoms with E-state index in [-0.39, 0.29) is 6.61 Å². The van der Waals surface area contributed by atoms with Gasteiger partial charge in [0.2, 0.25) is 5.91 Å². The first-order valence-electron chi connectivity index (χ1n) is 10.6. The van der Waals surface area contributed by atoms with E-state index in [4.69, 9.17) is 39.5 Å². The van der Waals surface area contributed by atoms with Gasteiger partial charge in [-0.2, -0.15) is 0 Å². The molecular formula is C24H26Cl3N3O4. The number of carbonyl (C=O) groups is 3. The number of hydrazine groups is 1. The molecule has 2 aromatic rings. The predicted octanol–water partition coefficient (Wildman–Crippen LogP) is 5.54. The van der Waals surface area contributed by atoms with Gasteiger partial charge in [-0.3, -0.25) is 15.0 Å². The maximum Gasteiger partial charge on any atom is 0.351 e. The second kappa shape index (κ2) is 9.64. The van der Waals surface area contributed by atoms with Crippen molar-refractivity contribution in [3.8, 4) is 5.75 Å². The smallest absolute Gasteiger partial charge is 0.351 e. The molecular weight excluding hydrogens is 501 g/mol. The molecule has 2 aromatic carbocycles. The normalized spacial score (nSPS) is 15.6. The minimum atomic E-state index is -1.22. The molecule has 7 nitrogen and oxygen atoms in total. The van der Waals surface area contributed by atoms with Crippen LogP contribution in [-0.4, -0.2) is 40.9 Å². The topological polar surface area (TPSA) is 79.0 Å². The molecule has 0 aromatic heterocycles. The summed E-state index contributed by atoms with van der Waals surface area (Å²) >= 11 is 18.5. The minimum Gasteiger partial charge on any atom is -0.489 e. The van der Waals surface area contributed by atoms with Crippen LogP contribution in [0.3, 0.4) is 0 Å². The second-order valence-electron chi connectivity index (χ2n) is 8.96. The van der Waals surface area contributed by atoms with Gasteiger partial charge in [0.25, 0.3) is 5.91 Å². The summed E-state index contributed by atoms with van der Waals surface area (Å²) in [7, 11) is 0. The fraction of sp³-hybridized carbons (Fsp3) is 0.375. The first-order chi connectivity index (χ1) is 15.8. The van der Waals surface area contributed by atoms with Gasteiger partial charge in [-0.05, 0) is 49.2 Å². The summed E-state index contributed by atoms with van der Waals surface area (Å²) in [4.78, 5) is 38.5. The van der Waals surface area contributed by atoms with E-state index >= 15 is 0 Å². The number of halogens is 3. The summed E-state index contributed by atoms with van der Waals surface area (Å²) in [5.74, 6) is -0.182. The third-order valence-electron chi connectivity index (χ3n) is 5.83. The number of anilines is 1. The second-order valence-corrected chi connectivity index (χ2v) is 10.2. The molecule has 34 heavy (non-hydrogen) atoms. The largest absolute Gasteiger partial charge is 0.489 e. The van der Waals surface area contributed by atoms with Crippen LogP contribution in [0.25, 0.3) is 0 Å². The molecule has 1 heterocycles. The van der Waals surface area contributed by atoms with Crippen LogP contribution in [0.1, 0.15) is 45.7 Å². The van der Waals surface area contributed by atoms with Crippen LogP contribution in [0.4, 0.5) is 10.5 Å². The number of amides is 4. The molecule has 1 fully saturated rings. The molecule has 1 aliphatic heterocycles. The van der Waals surface area contributed by atoms with Crippen LogP contribution in [0.2, 0.25) is 10.0 Å². The van der Waals surface area contributed by atoms with Crippen molar-refractivity contribution in [2.45, 2.75) is 45.6 Å². The number of nitrogens with one attached hydrogen (secondary N) is 1. The van der Waals surface area contributed by atoms with E-state index in [9.17, 15) is 14.4 Å². The number of hydrogen-bond acceptors (Lipinski definition) is 4. The number of rotatable bonds is 7. The van der Waals surface area contributed by atoms with E-state index in [1.807, 2.05) is 26.0 Å². The first-order valence-corrected chi connectivity index (χ1v) is 11.9. The Morgan fingerprint density at radius 1 is 1.06 bits per heavy atom. The average molecular weight is 527 g/mol. The number of carbonyl (C=O) groups excluding carboxylic acids is 3. The highest BCUT2D eigenvalue weighted by Gasteiger charge is 2.52. The van der Waals surface area contributed by atoms with Crippen molar-refractivity contribution in [3.05, 3.63) is 57.6 Å². The van der Waals surface area contributed by atoms with Gasteiger partial charge in [0, 0.05) is 12.3 Å². The van der Waals surface area contributed by atoms with E-state index in [0.29, 0.717) is 27.4 Å². The van der Waals surface area contributed by atoms with Crippen LogP contribution >= 0.6 is 34.8 Å². The highest BCUT2D eigenvalue weighted by Crippen LogP contribution is 2.41. The van der Waals surface area contributed by atoms with Gasteiger partial charge in [0.1, 0.15) is 12.1 Å². The Bertz CT molecular complexity index is 1110. The molecule has 0 saturated carbocycles. The SMILES string of the molecule is CC(=O)NN1C(=O)N(c2ccc(C(C)(C)c3cc(Cl)c(OCCCl)c(Cl)c3)cc2)C(=O)C1(C)C. The molecule has 0 spiro atoms. The lowest BCUT2D eigenvalue weighted by atomic mass is 9.78. The number of imide groups is 1. The molecule has 1 N–H and O–H groups in total. The lowest BCUT2D eigenvalue weighted by molar-refractivity contribution is -0.128. The van der Waals surface area contributed by atoms with Crippen LogP contribution < -0.4 is 15.1 Å². The molecule has 0 unspecified atom stereocenters. The van der Waals surface area contributed by atoms with Crippen molar-refractivity contribution in [1.29, 1.82) is 0 Å². The molecule has 0 bridgehead atoms. The summed E-state index contributed by atoms with van der Waals surface area (Å²) in [6.07, 6.45) is 0. The predicted molar refractivity (Wildman–Crippen MR) is 134 cm³/mol. The Kier molecular flexibility index (Phi) is 7.41. The number of ether oxygens (including phenoxy) is 1. The number of hydrogen-bond donors (Lipinski definition) is 1. The van der Waals surface area contributed by atoms with Crippen LogP contribution in [0.15, 0.2) is 36.4 Å². The highest BCUT2D eigenvalue weighted by molar-refractivity contribution is 6.37. The third kappa shape index (κ3) is 4.69. The molecule has 0 radical (unpaired) electrons. The molecule has 1 aliphatic rings. The molecule has 3 rings (SSSR count). The molecule has 182 valence electrons.